The van der Waals surface area contributed by atoms with Crippen molar-refractivity contribution < 1.29 is 4.74 Å². The highest BCUT2D eigenvalue weighted by Crippen LogP contribution is 2.28. The highest BCUT2D eigenvalue weighted by atomic mass is 16.5. The van der Waals surface area contributed by atoms with Crippen LogP contribution in [0.3, 0.4) is 0 Å². The van der Waals surface area contributed by atoms with Crippen LogP contribution < -0.4 is 15.4 Å². The Morgan fingerprint density at radius 1 is 1.33 bits per heavy atom. The molecule has 1 aliphatic rings. The Morgan fingerprint density at radius 3 is 2.93 bits per heavy atom. The molecule has 7 nitrogen and oxygen atoms in total. The molecule has 2 aromatic heterocycles. The SMILES string of the molecule is COc1ccc2nc(N3CCC[C@H](N)C3)n(Cc3ccc(C#N)cn3)c2c1. The van der Waals surface area contributed by atoms with E-state index < -0.39 is 0 Å². The molecule has 3 aromatic rings. The fourth-order valence-corrected chi connectivity index (χ4v) is 3.55. The van der Waals surface area contributed by atoms with E-state index in [-0.39, 0.29) is 6.04 Å². The van der Waals surface area contributed by atoms with E-state index in [0.29, 0.717) is 12.1 Å². The van der Waals surface area contributed by atoms with Gasteiger partial charge in [0.2, 0.25) is 5.95 Å². The van der Waals surface area contributed by atoms with Crippen LogP contribution in [0.2, 0.25) is 0 Å². The topological polar surface area (TPSA) is 93.0 Å². The molecule has 7 heteroatoms. The fourth-order valence-electron chi connectivity index (χ4n) is 3.55. The maximum absolute atomic E-state index is 8.99. The molecule has 0 bridgehead atoms. The first-order valence-electron chi connectivity index (χ1n) is 9.08. The fraction of sp³-hybridized carbons (Fsp3) is 0.350. The summed E-state index contributed by atoms with van der Waals surface area (Å²) in [6.07, 6.45) is 3.70. The number of imidazole rings is 1. The van der Waals surface area contributed by atoms with E-state index in [0.717, 1.165) is 54.4 Å². The normalized spacial score (nSPS) is 17.1. The number of nitriles is 1. The van der Waals surface area contributed by atoms with Crippen LogP contribution in [0, 0.1) is 11.3 Å². The first-order valence-corrected chi connectivity index (χ1v) is 9.08. The van der Waals surface area contributed by atoms with Gasteiger partial charge < -0.3 is 19.9 Å². The van der Waals surface area contributed by atoms with E-state index in [9.17, 15) is 0 Å². The average molecular weight is 362 g/mol. The molecule has 0 aliphatic carbocycles. The van der Waals surface area contributed by atoms with Crippen molar-refractivity contribution in [2.75, 3.05) is 25.1 Å². The van der Waals surface area contributed by atoms with Crippen LogP contribution in [-0.4, -0.2) is 40.8 Å². The number of hydrogen-bond acceptors (Lipinski definition) is 6. The van der Waals surface area contributed by atoms with Crippen molar-refractivity contribution in [3.63, 3.8) is 0 Å². The van der Waals surface area contributed by atoms with Gasteiger partial charge in [0.1, 0.15) is 11.8 Å². The molecule has 0 saturated carbocycles. The second-order valence-corrected chi connectivity index (χ2v) is 6.85. The van der Waals surface area contributed by atoms with Crippen molar-refractivity contribution in [2.24, 2.45) is 5.73 Å². The summed E-state index contributed by atoms with van der Waals surface area (Å²) in [5, 5.41) is 8.99. The van der Waals surface area contributed by atoms with Gasteiger partial charge in [-0.05, 0) is 37.1 Å². The standard InChI is InChI=1S/C20H22N6O/c1-27-17-6-7-18-19(9-17)26(13-16-5-4-14(10-21)11-23-16)20(24-18)25-8-2-3-15(22)12-25/h4-7,9,11,15H,2-3,8,12-13,22H2,1H3/t15-/m0/s1. The number of piperidine rings is 1. The van der Waals surface area contributed by atoms with E-state index in [2.05, 4.69) is 20.5 Å². The number of nitrogens with zero attached hydrogens (tertiary/aromatic N) is 5. The van der Waals surface area contributed by atoms with Gasteiger partial charge in [0.25, 0.3) is 0 Å². The van der Waals surface area contributed by atoms with Gasteiger partial charge >= 0.3 is 0 Å². The minimum Gasteiger partial charge on any atom is -0.497 e. The van der Waals surface area contributed by atoms with Gasteiger partial charge in [0, 0.05) is 31.4 Å². The van der Waals surface area contributed by atoms with Crippen LogP contribution in [-0.2, 0) is 6.54 Å². The Hall–Kier alpha value is -3.11. The summed E-state index contributed by atoms with van der Waals surface area (Å²) in [5.74, 6) is 1.69. The molecule has 0 unspecified atom stereocenters. The third kappa shape index (κ3) is 3.44. The Bertz CT molecular complexity index is 988. The quantitative estimate of drug-likeness (QED) is 0.765. The summed E-state index contributed by atoms with van der Waals surface area (Å²) in [4.78, 5) is 11.6. The third-order valence-electron chi connectivity index (χ3n) is 4.95. The van der Waals surface area contributed by atoms with Gasteiger partial charge in [-0.15, -0.1) is 0 Å². The minimum absolute atomic E-state index is 0.162. The van der Waals surface area contributed by atoms with Crippen LogP contribution >= 0.6 is 0 Å². The largest absolute Gasteiger partial charge is 0.497 e. The smallest absolute Gasteiger partial charge is 0.206 e. The highest BCUT2D eigenvalue weighted by Gasteiger charge is 2.23. The lowest BCUT2D eigenvalue weighted by atomic mass is 10.1. The summed E-state index contributed by atoms with van der Waals surface area (Å²) < 4.78 is 7.56. The zero-order valence-corrected chi connectivity index (χ0v) is 15.3. The summed E-state index contributed by atoms with van der Waals surface area (Å²) in [5.41, 5.74) is 9.53. The molecule has 1 atom stereocenters. The van der Waals surface area contributed by atoms with Gasteiger partial charge in [0.05, 0.1) is 35.9 Å². The monoisotopic (exact) mass is 362 g/mol. The van der Waals surface area contributed by atoms with Crippen LogP contribution in [0.4, 0.5) is 5.95 Å². The van der Waals surface area contributed by atoms with Crippen LogP contribution in [0.5, 0.6) is 5.75 Å². The number of hydrogen-bond donors (Lipinski definition) is 1. The second kappa shape index (κ2) is 7.25. The Labute approximate surface area is 158 Å². The first-order chi connectivity index (χ1) is 13.2. The van der Waals surface area contributed by atoms with Crippen molar-refractivity contribution in [1.82, 2.24) is 14.5 Å². The van der Waals surface area contributed by atoms with E-state index >= 15 is 0 Å². The molecule has 0 spiro atoms. The van der Waals surface area contributed by atoms with Gasteiger partial charge in [-0.3, -0.25) is 4.98 Å². The zero-order valence-electron chi connectivity index (χ0n) is 15.3. The van der Waals surface area contributed by atoms with Crippen LogP contribution in [0.1, 0.15) is 24.1 Å². The number of aromatic nitrogens is 3. The molecule has 4 rings (SSSR count). The number of rotatable bonds is 4. The number of fused-ring (bicyclic) bond motifs is 1. The number of ether oxygens (including phenoxy) is 1. The number of benzene rings is 1. The molecule has 1 aromatic carbocycles. The molecule has 3 heterocycles. The Balaban J connectivity index is 1.78. The van der Waals surface area contributed by atoms with Crippen molar-refractivity contribution in [2.45, 2.75) is 25.4 Å². The summed E-state index contributed by atoms with van der Waals surface area (Å²) in [7, 11) is 1.66. The Kier molecular flexibility index (Phi) is 4.65. The molecule has 0 amide bonds. The van der Waals surface area contributed by atoms with E-state index in [1.54, 1.807) is 19.4 Å². The lowest BCUT2D eigenvalue weighted by Gasteiger charge is -2.32. The summed E-state index contributed by atoms with van der Waals surface area (Å²) in [6, 6.07) is 11.8. The maximum atomic E-state index is 8.99. The lowest BCUT2D eigenvalue weighted by Crippen LogP contribution is -2.44. The van der Waals surface area contributed by atoms with Crippen molar-refractivity contribution in [3.05, 3.63) is 47.8 Å². The lowest BCUT2D eigenvalue weighted by molar-refractivity contribution is 0.415. The molecular weight excluding hydrogens is 340 g/mol. The van der Waals surface area contributed by atoms with Gasteiger partial charge in [-0.2, -0.15) is 5.26 Å². The van der Waals surface area contributed by atoms with Crippen LogP contribution in [0.15, 0.2) is 36.5 Å². The third-order valence-corrected chi connectivity index (χ3v) is 4.95. The Morgan fingerprint density at radius 2 is 2.22 bits per heavy atom. The average Bonchev–Trinajstić information content (AvgIpc) is 3.06. The molecule has 0 radical (unpaired) electrons. The second-order valence-electron chi connectivity index (χ2n) is 6.85. The molecule has 1 saturated heterocycles. The minimum atomic E-state index is 0.162. The van der Waals surface area contributed by atoms with Gasteiger partial charge in [0.15, 0.2) is 0 Å². The summed E-state index contributed by atoms with van der Waals surface area (Å²) in [6.45, 7) is 2.30. The molecular formula is C20H22N6O. The first kappa shape index (κ1) is 17.3. The number of methoxy groups -OCH3 is 1. The summed E-state index contributed by atoms with van der Waals surface area (Å²) >= 11 is 0. The van der Waals surface area contributed by atoms with E-state index in [1.165, 1.54) is 0 Å². The van der Waals surface area contributed by atoms with E-state index in [1.807, 2.05) is 24.3 Å². The zero-order chi connectivity index (χ0) is 18.8. The van der Waals surface area contributed by atoms with Crippen LogP contribution in [0.25, 0.3) is 11.0 Å². The molecule has 138 valence electrons. The van der Waals surface area contributed by atoms with Gasteiger partial charge in [-0.1, -0.05) is 0 Å². The highest BCUT2D eigenvalue weighted by molar-refractivity contribution is 5.80. The predicted molar refractivity (Wildman–Crippen MR) is 104 cm³/mol. The van der Waals surface area contributed by atoms with E-state index in [4.69, 9.17) is 20.7 Å². The maximum Gasteiger partial charge on any atom is 0.206 e. The van der Waals surface area contributed by atoms with Crippen molar-refractivity contribution in [1.29, 1.82) is 5.26 Å². The van der Waals surface area contributed by atoms with Crippen molar-refractivity contribution >= 4 is 17.0 Å². The van der Waals surface area contributed by atoms with Crippen molar-refractivity contribution in [3.8, 4) is 11.8 Å². The molecule has 2 N–H and O–H groups in total. The molecule has 27 heavy (non-hydrogen) atoms. The number of anilines is 1. The van der Waals surface area contributed by atoms with Gasteiger partial charge in [-0.25, -0.2) is 4.98 Å². The predicted octanol–water partition coefficient (Wildman–Crippen LogP) is 2.29. The number of nitrogens with two attached hydrogens (primary N) is 1. The molecule has 1 aliphatic heterocycles. The number of pyridine rings is 1. The molecule has 1 fully saturated rings.